The SMILES string of the molecule is CC(C)(C)c1ccc(CN(C(=O)c2ccc3ccccc3c2)C(Cc2ccccc2)C(=O)N2CCCC2)cc1. The summed E-state index contributed by atoms with van der Waals surface area (Å²) in [7, 11) is 0. The summed E-state index contributed by atoms with van der Waals surface area (Å²) in [5.74, 6) is -0.0778. The third-order valence-corrected chi connectivity index (χ3v) is 7.78. The van der Waals surface area contributed by atoms with Crippen LogP contribution in [0.2, 0.25) is 0 Å². The van der Waals surface area contributed by atoms with Crippen molar-refractivity contribution in [2.45, 2.75) is 58.0 Å². The molecule has 1 fully saturated rings. The lowest BCUT2D eigenvalue weighted by molar-refractivity contribution is -0.135. The molecule has 0 bridgehead atoms. The Kier molecular flexibility index (Phi) is 7.83. The van der Waals surface area contributed by atoms with E-state index in [4.69, 9.17) is 0 Å². The first-order valence-electron chi connectivity index (χ1n) is 14.0. The van der Waals surface area contributed by atoms with Gasteiger partial charge in [-0.15, -0.1) is 0 Å². The van der Waals surface area contributed by atoms with Crippen LogP contribution in [0.5, 0.6) is 0 Å². The van der Waals surface area contributed by atoms with Crippen LogP contribution in [0.3, 0.4) is 0 Å². The van der Waals surface area contributed by atoms with Crippen LogP contribution < -0.4 is 0 Å². The summed E-state index contributed by atoms with van der Waals surface area (Å²) < 4.78 is 0. The van der Waals surface area contributed by atoms with Crippen molar-refractivity contribution in [1.29, 1.82) is 0 Å². The summed E-state index contributed by atoms with van der Waals surface area (Å²) in [5.41, 5.74) is 3.96. The first-order chi connectivity index (χ1) is 18.8. The zero-order chi connectivity index (χ0) is 27.4. The highest BCUT2D eigenvalue weighted by Crippen LogP contribution is 2.26. The minimum atomic E-state index is -0.591. The van der Waals surface area contributed by atoms with E-state index in [2.05, 4.69) is 45.0 Å². The average molecular weight is 519 g/mol. The Labute approximate surface area is 232 Å². The van der Waals surface area contributed by atoms with Crippen LogP contribution in [-0.2, 0) is 23.2 Å². The van der Waals surface area contributed by atoms with Crippen molar-refractivity contribution in [1.82, 2.24) is 9.80 Å². The highest BCUT2D eigenvalue weighted by Gasteiger charge is 2.35. The van der Waals surface area contributed by atoms with Crippen molar-refractivity contribution in [3.8, 4) is 0 Å². The summed E-state index contributed by atoms with van der Waals surface area (Å²) >= 11 is 0. The zero-order valence-corrected chi connectivity index (χ0v) is 23.3. The van der Waals surface area contributed by atoms with Gasteiger partial charge in [0.05, 0.1) is 0 Å². The van der Waals surface area contributed by atoms with Crippen LogP contribution in [0.1, 0.15) is 60.7 Å². The van der Waals surface area contributed by atoms with E-state index in [1.807, 2.05) is 82.6 Å². The summed E-state index contributed by atoms with van der Waals surface area (Å²) in [6, 6.07) is 31.8. The molecule has 5 rings (SSSR count). The molecule has 1 aliphatic heterocycles. The lowest BCUT2D eigenvalue weighted by atomic mass is 9.86. The molecule has 1 unspecified atom stereocenters. The molecule has 2 amide bonds. The van der Waals surface area contributed by atoms with Gasteiger partial charge in [0.25, 0.3) is 5.91 Å². The van der Waals surface area contributed by atoms with Crippen LogP contribution in [0.4, 0.5) is 0 Å². The molecule has 1 saturated heterocycles. The van der Waals surface area contributed by atoms with Gasteiger partial charge in [0.15, 0.2) is 0 Å². The fraction of sp³-hybridized carbons (Fsp3) is 0.314. The Bertz CT molecular complexity index is 1430. The monoisotopic (exact) mass is 518 g/mol. The molecule has 200 valence electrons. The van der Waals surface area contributed by atoms with Gasteiger partial charge >= 0.3 is 0 Å². The lowest BCUT2D eigenvalue weighted by Crippen LogP contribution is -2.51. The van der Waals surface area contributed by atoms with E-state index in [1.165, 1.54) is 5.56 Å². The molecule has 4 aromatic rings. The zero-order valence-electron chi connectivity index (χ0n) is 23.3. The fourth-order valence-electron chi connectivity index (χ4n) is 5.43. The number of likely N-dealkylation sites (tertiary alicyclic amines) is 1. The van der Waals surface area contributed by atoms with E-state index < -0.39 is 6.04 Å². The largest absolute Gasteiger partial charge is 0.341 e. The van der Waals surface area contributed by atoms with Crippen LogP contribution in [-0.4, -0.2) is 40.7 Å². The number of amides is 2. The molecule has 0 radical (unpaired) electrons. The van der Waals surface area contributed by atoms with Gasteiger partial charge in [-0.25, -0.2) is 0 Å². The molecular formula is C35H38N2O2. The molecule has 0 aromatic heterocycles. The van der Waals surface area contributed by atoms with Gasteiger partial charge in [0.1, 0.15) is 6.04 Å². The maximum Gasteiger partial charge on any atom is 0.254 e. The Balaban J connectivity index is 1.55. The van der Waals surface area contributed by atoms with Crippen LogP contribution >= 0.6 is 0 Å². The Morgan fingerprint density at radius 3 is 2.08 bits per heavy atom. The van der Waals surface area contributed by atoms with Gasteiger partial charge in [-0.05, 0) is 57.9 Å². The number of carbonyl (C=O) groups is 2. The van der Waals surface area contributed by atoms with Crippen molar-refractivity contribution >= 4 is 22.6 Å². The molecule has 39 heavy (non-hydrogen) atoms. The van der Waals surface area contributed by atoms with E-state index in [-0.39, 0.29) is 17.2 Å². The van der Waals surface area contributed by atoms with Gasteiger partial charge in [0.2, 0.25) is 5.91 Å². The van der Waals surface area contributed by atoms with E-state index in [0.717, 1.165) is 47.8 Å². The van der Waals surface area contributed by atoms with Crippen LogP contribution in [0, 0.1) is 0 Å². The van der Waals surface area contributed by atoms with E-state index in [9.17, 15) is 9.59 Å². The predicted octanol–water partition coefficient (Wildman–Crippen LogP) is 7.01. The van der Waals surface area contributed by atoms with Crippen molar-refractivity contribution in [2.24, 2.45) is 0 Å². The molecule has 0 saturated carbocycles. The van der Waals surface area contributed by atoms with Gasteiger partial charge < -0.3 is 9.80 Å². The minimum Gasteiger partial charge on any atom is -0.341 e. The van der Waals surface area contributed by atoms with Crippen LogP contribution in [0.15, 0.2) is 97.1 Å². The number of rotatable bonds is 7. The molecule has 1 atom stereocenters. The van der Waals surface area contributed by atoms with Crippen molar-refractivity contribution in [2.75, 3.05) is 13.1 Å². The van der Waals surface area contributed by atoms with E-state index >= 15 is 0 Å². The van der Waals surface area contributed by atoms with Crippen molar-refractivity contribution in [3.63, 3.8) is 0 Å². The van der Waals surface area contributed by atoms with E-state index in [0.29, 0.717) is 18.5 Å². The maximum absolute atomic E-state index is 14.3. The molecule has 0 N–H and O–H groups in total. The average Bonchev–Trinajstić information content (AvgIpc) is 3.49. The van der Waals surface area contributed by atoms with Crippen molar-refractivity contribution < 1.29 is 9.59 Å². The third kappa shape index (κ3) is 6.22. The second-order valence-electron chi connectivity index (χ2n) is 11.7. The molecule has 4 heteroatoms. The first kappa shape index (κ1) is 26.7. The normalized spacial score (nSPS) is 14.4. The number of benzene rings is 4. The second-order valence-corrected chi connectivity index (χ2v) is 11.7. The molecule has 0 aliphatic carbocycles. The molecule has 4 aromatic carbocycles. The molecule has 4 nitrogen and oxygen atoms in total. The summed E-state index contributed by atoms with van der Waals surface area (Å²) in [4.78, 5) is 32.1. The Hall–Kier alpha value is -3.92. The van der Waals surface area contributed by atoms with Gasteiger partial charge in [-0.1, -0.05) is 106 Å². The molecule has 1 aliphatic rings. The number of hydrogen-bond donors (Lipinski definition) is 0. The predicted molar refractivity (Wildman–Crippen MR) is 159 cm³/mol. The summed E-state index contributed by atoms with van der Waals surface area (Å²) in [6.45, 7) is 8.46. The number of carbonyl (C=O) groups excluding carboxylic acids is 2. The highest BCUT2D eigenvalue weighted by molar-refractivity contribution is 6.00. The quantitative estimate of drug-likeness (QED) is 0.264. The topological polar surface area (TPSA) is 40.6 Å². The van der Waals surface area contributed by atoms with Gasteiger partial charge in [-0.3, -0.25) is 9.59 Å². The fourth-order valence-corrected chi connectivity index (χ4v) is 5.43. The number of nitrogens with zero attached hydrogens (tertiary/aromatic N) is 2. The molecule has 1 heterocycles. The number of fused-ring (bicyclic) bond motifs is 1. The Morgan fingerprint density at radius 2 is 1.41 bits per heavy atom. The van der Waals surface area contributed by atoms with Crippen LogP contribution in [0.25, 0.3) is 10.8 Å². The van der Waals surface area contributed by atoms with Gasteiger partial charge in [-0.2, -0.15) is 0 Å². The molecular weight excluding hydrogens is 480 g/mol. The third-order valence-electron chi connectivity index (χ3n) is 7.78. The first-order valence-corrected chi connectivity index (χ1v) is 14.0. The molecule has 0 spiro atoms. The second kappa shape index (κ2) is 11.4. The summed E-state index contributed by atoms with van der Waals surface area (Å²) in [5, 5.41) is 2.11. The standard InChI is InChI=1S/C35H38N2O2/c1-35(2,3)31-19-15-27(16-20-31)25-37(33(38)30-18-17-28-13-7-8-14-29(28)24-30)32(23-26-11-5-4-6-12-26)34(39)36-21-9-10-22-36/h4-8,11-20,24,32H,9-10,21-23,25H2,1-3H3. The highest BCUT2D eigenvalue weighted by atomic mass is 16.2. The van der Waals surface area contributed by atoms with E-state index in [1.54, 1.807) is 0 Å². The minimum absolute atomic E-state index is 0.0387. The summed E-state index contributed by atoms with van der Waals surface area (Å²) in [6.07, 6.45) is 2.50. The smallest absolute Gasteiger partial charge is 0.254 e. The Morgan fingerprint density at radius 1 is 0.769 bits per heavy atom. The lowest BCUT2D eigenvalue weighted by Gasteiger charge is -2.34. The maximum atomic E-state index is 14.3. The van der Waals surface area contributed by atoms with Crippen molar-refractivity contribution in [3.05, 3.63) is 119 Å². The number of hydrogen-bond acceptors (Lipinski definition) is 2. The van der Waals surface area contributed by atoms with Gasteiger partial charge in [0, 0.05) is 31.6 Å².